The van der Waals surface area contributed by atoms with Crippen LogP contribution < -0.4 is 5.73 Å². The van der Waals surface area contributed by atoms with Crippen LogP contribution in [0.1, 0.15) is 18.7 Å². The standard InChI is InChI=1S/C11H10ClN3O/c12-9-7-5-6(16)1-2-8(7)14-10(15-9)11(13)3-4-11/h1-2,5,16H,3-4,13H2. The molecule has 3 N–H and O–H groups in total. The molecule has 1 fully saturated rings. The number of phenolic OH excluding ortho intramolecular Hbond substituents is 1. The number of rotatable bonds is 1. The Hall–Kier alpha value is -1.39. The molecule has 0 saturated heterocycles. The van der Waals surface area contributed by atoms with Crippen LogP contribution in [0, 0.1) is 0 Å². The minimum Gasteiger partial charge on any atom is -0.508 e. The van der Waals surface area contributed by atoms with E-state index in [1.54, 1.807) is 18.2 Å². The first-order valence-electron chi connectivity index (χ1n) is 5.04. The number of aromatic hydroxyl groups is 1. The van der Waals surface area contributed by atoms with Crippen molar-refractivity contribution in [1.82, 2.24) is 9.97 Å². The van der Waals surface area contributed by atoms with Crippen molar-refractivity contribution < 1.29 is 5.11 Å². The molecule has 0 radical (unpaired) electrons. The highest BCUT2D eigenvalue weighted by Gasteiger charge is 2.43. The molecule has 1 heterocycles. The van der Waals surface area contributed by atoms with Crippen LogP contribution in [0.25, 0.3) is 10.9 Å². The molecule has 16 heavy (non-hydrogen) atoms. The second kappa shape index (κ2) is 3.06. The molecule has 0 bridgehead atoms. The highest BCUT2D eigenvalue weighted by molar-refractivity contribution is 6.34. The number of hydrogen-bond acceptors (Lipinski definition) is 4. The molecule has 82 valence electrons. The fraction of sp³-hybridized carbons (Fsp3) is 0.273. The maximum absolute atomic E-state index is 9.36. The fourth-order valence-corrected chi connectivity index (χ4v) is 1.89. The smallest absolute Gasteiger partial charge is 0.150 e. The van der Waals surface area contributed by atoms with Crippen LogP contribution >= 0.6 is 11.6 Å². The Morgan fingerprint density at radius 3 is 2.75 bits per heavy atom. The van der Waals surface area contributed by atoms with Crippen molar-refractivity contribution in [2.45, 2.75) is 18.4 Å². The summed E-state index contributed by atoms with van der Waals surface area (Å²) in [6, 6.07) is 4.84. The Labute approximate surface area is 97.1 Å². The first-order chi connectivity index (χ1) is 7.58. The van der Waals surface area contributed by atoms with Crippen molar-refractivity contribution in [2.24, 2.45) is 5.73 Å². The quantitative estimate of drug-likeness (QED) is 0.741. The molecule has 0 unspecified atom stereocenters. The van der Waals surface area contributed by atoms with Gasteiger partial charge in [-0.15, -0.1) is 0 Å². The largest absolute Gasteiger partial charge is 0.508 e. The second-order valence-electron chi connectivity index (χ2n) is 4.20. The van der Waals surface area contributed by atoms with Gasteiger partial charge in [0.15, 0.2) is 5.82 Å². The third-order valence-electron chi connectivity index (χ3n) is 2.87. The third-order valence-corrected chi connectivity index (χ3v) is 3.15. The topological polar surface area (TPSA) is 72.0 Å². The summed E-state index contributed by atoms with van der Waals surface area (Å²) in [6.07, 6.45) is 1.79. The lowest BCUT2D eigenvalue weighted by Gasteiger charge is -2.09. The molecule has 0 aliphatic heterocycles. The normalized spacial score (nSPS) is 17.6. The Morgan fingerprint density at radius 2 is 2.06 bits per heavy atom. The summed E-state index contributed by atoms with van der Waals surface area (Å²) in [7, 11) is 0. The van der Waals surface area contributed by atoms with E-state index in [0.717, 1.165) is 12.8 Å². The Balaban J connectivity index is 2.26. The number of halogens is 1. The van der Waals surface area contributed by atoms with Crippen LogP contribution in [0.5, 0.6) is 5.75 Å². The summed E-state index contributed by atoms with van der Waals surface area (Å²) in [5.74, 6) is 0.746. The van der Waals surface area contributed by atoms with Crippen molar-refractivity contribution >= 4 is 22.5 Å². The maximum Gasteiger partial charge on any atom is 0.150 e. The Morgan fingerprint density at radius 1 is 1.31 bits per heavy atom. The van der Waals surface area contributed by atoms with Crippen LogP contribution in [0.4, 0.5) is 0 Å². The highest BCUT2D eigenvalue weighted by Crippen LogP contribution is 2.41. The summed E-state index contributed by atoms with van der Waals surface area (Å²) < 4.78 is 0. The third kappa shape index (κ3) is 1.42. The van der Waals surface area contributed by atoms with Gasteiger partial charge < -0.3 is 10.8 Å². The Bertz CT molecular complexity index is 581. The van der Waals surface area contributed by atoms with E-state index in [1.807, 2.05) is 0 Å². The first kappa shape index (κ1) is 9.81. The SMILES string of the molecule is NC1(c2nc(Cl)c3cc(O)ccc3n2)CC1. The lowest BCUT2D eigenvalue weighted by Crippen LogP contribution is -2.22. The van der Waals surface area contributed by atoms with Gasteiger partial charge in [-0.1, -0.05) is 11.6 Å². The van der Waals surface area contributed by atoms with Crippen LogP contribution in [-0.4, -0.2) is 15.1 Å². The number of aromatic nitrogens is 2. The molecule has 1 aliphatic rings. The van der Waals surface area contributed by atoms with Gasteiger partial charge in [0, 0.05) is 5.39 Å². The van der Waals surface area contributed by atoms with Gasteiger partial charge in [0.2, 0.25) is 0 Å². The fourth-order valence-electron chi connectivity index (χ4n) is 1.66. The number of fused-ring (bicyclic) bond motifs is 1. The average molecular weight is 236 g/mol. The van der Waals surface area contributed by atoms with Gasteiger partial charge in [-0.25, -0.2) is 9.97 Å². The molecular formula is C11H10ClN3O. The minimum absolute atomic E-state index is 0.152. The predicted octanol–water partition coefficient (Wildman–Crippen LogP) is 1.94. The van der Waals surface area contributed by atoms with Crippen molar-refractivity contribution in [3.05, 3.63) is 29.2 Å². The molecule has 4 nitrogen and oxygen atoms in total. The van der Waals surface area contributed by atoms with Crippen molar-refractivity contribution in [1.29, 1.82) is 0 Å². The summed E-state index contributed by atoms with van der Waals surface area (Å²) >= 11 is 6.05. The lowest BCUT2D eigenvalue weighted by atomic mass is 10.2. The van der Waals surface area contributed by atoms with Crippen LogP contribution in [0.15, 0.2) is 18.2 Å². The lowest BCUT2D eigenvalue weighted by molar-refractivity contribution is 0.476. The van der Waals surface area contributed by atoms with Gasteiger partial charge >= 0.3 is 0 Å². The molecule has 1 aromatic carbocycles. The van der Waals surface area contributed by atoms with Gasteiger partial charge in [0.25, 0.3) is 0 Å². The van der Waals surface area contributed by atoms with Crippen molar-refractivity contribution in [3.63, 3.8) is 0 Å². The molecule has 2 aromatic rings. The zero-order valence-corrected chi connectivity index (χ0v) is 9.20. The van der Waals surface area contributed by atoms with Gasteiger partial charge in [-0.2, -0.15) is 0 Å². The number of phenols is 1. The average Bonchev–Trinajstić information content (AvgIpc) is 2.99. The van der Waals surface area contributed by atoms with Crippen molar-refractivity contribution in [3.8, 4) is 5.75 Å². The van der Waals surface area contributed by atoms with E-state index >= 15 is 0 Å². The number of nitrogens with zero attached hydrogens (tertiary/aromatic N) is 2. The van der Waals surface area contributed by atoms with Gasteiger partial charge in [-0.3, -0.25) is 0 Å². The first-order valence-corrected chi connectivity index (χ1v) is 5.42. The number of nitrogens with two attached hydrogens (primary N) is 1. The van der Waals surface area contributed by atoms with Gasteiger partial charge in [-0.05, 0) is 31.0 Å². The summed E-state index contributed by atoms with van der Waals surface area (Å²) in [4.78, 5) is 8.57. The van der Waals surface area contributed by atoms with Crippen LogP contribution in [0.2, 0.25) is 5.15 Å². The van der Waals surface area contributed by atoms with E-state index in [1.165, 1.54) is 0 Å². The highest BCUT2D eigenvalue weighted by atomic mass is 35.5. The molecule has 3 rings (SSSR count). The molecule has 1 aliphatic carbocycles. The number of hydrogen-bond donors (Lipinski definition) is 2. The summed E-state index contributed by atoms with van der Waals surface area (Å²) in [5, 5.41) is 10.3. The van der Waals surface area contributed by atoms with E-state index < -0.39 is 5.54 Å². The number of benzene rings is 1. The monoisotopic (exact) mass is 235 g/mol. The zero-order chi connectivity index (χ0) is 11.3. The molecule has 1 saturated carbocycles. The molecule has 0 amide bonds. The Kier molecular flexibility index (Phi) is 1.87. The van der Waals surface area contributed by atoms with E-state index in [-0.39, 0.29) is 5.75 Å². The molecule has 0 atom stereocenters. The van der Waals surface area contributed by atoms with Gasteiger partial charge in [0.05, 0.1) is 11.1 Å². The summed E-state index contributed by atoms with van der Waals surface area (Å²) in [6.45, 7) is 0. The maximum atomic E-state index is 9.36. The van der Waals surface area contributed by atoms with Crippen LogP contribution in [0.3, 0.4) is 0 Å². The van der Waals surface area contributed by atoms with E-state index in [9.17, 15) is 5.11 Å². The van der Waals surface area contributed by atoms with Crippen LogP contribution in [-0.2, 0) is 5.54 Å². The predicted molar refractivity (Wildman–Crippen MR) is 61.3 cm³/mol. The summed E-state index contributed by atoms with van der Waals surface area (Å²) in [5.41, 5.74) is 6.34. The molecule has 0 spiro atoms. The van der Waals surface area contributed by atoms with Crippen molar-refractivity contribution in [2.75, 3.05) is 0 Å². The van der Waals surface area contributed by atoms with Gasteiger partial charge in [0.1, 0.15) is 10.9 Å². The molecule has 1 aromatic heterocycles. The zero-order valence-electron chi connectivity index (χ0n) is 8.44. The minimum atomic E-state index is -0.393. The van der Waals surface area contributed by atoms with E-state index in [4.69, 9.17) is 17.3 Å². The molecular weight excluding hydrogens is 226 g/mol. The second-order valence-corrected chi connectivity index (χ2v) is 4.55. The van der Waals surface area contributed by atoms with E-state index in [2.05, 4.69) is 9.97 Å². The molecule has 5 heteroatoms. The van der Waals surface area contributed by atoms with E-state index in [0.29, 0.717) is 21.9 Å².